The lowest BCUT2D eigenvalue weighted by molar-refractivity contribution is -0.115. The number of amides is 1. The van der Waals surface area contributed by atoms with Crippen molar-refractivity contribution in [3.8, 4) is 22.9 Å². The Morgan fingerprint density at radius 1 is 0.968 bits per heavy atom. The van der Waals surface area contributed by atoms with Crippen LogP contribution in [0.4, 0.5) is 5.69 Å². The van der Waals surface area contributed by atoms with Crippen LogP contribution in [0, 0.1) is 0 Å². The number of carbonyl (C=O) groups is 1. The standard InChI is InChI=1S/C23H22N4O3S/c1-15(2)16-7-9-17(10-8-16)24-20(28)11-14-31-23-25-21(18-5-3-12-29-18)22(26-27-23)19-6-4-13-30-19/h3-10,12-13,15H,11,14H2,1-2H3,(H,24,28). The molecule has 0 atom stereocenters. The molecule has 0 saturated carbocycles. The van der Waals surface area contributed by atoms with E-state index in [1.165, 1.54) is 17.3 Å². The second-order valence-electron chi connectivity index (χ2n) is 7.17. The average Bonchev–Trinajstić information content (AvgIpc) is 3.48. The molecular formula is C23H22N4O3S. The van der Waals surface area contributed by atoms with E-state index in [1.54, 1.807) is 30.7 Å². The van der Waals surface area contributed by atoms with Crippen LogP contribution in [0.1, 0.15) is 31.7 Å². The Balaban J connectivity index is 1.38. The molecule has 1 aromatic carbocycles. The largest absolute Gasteiger partial charge is 0.463 e. The number of nitrogens with zero attached hydrogens (tertiary/aromatic N) is 3. The zero-order chi connectivity index (χ0) is 21.6. The second-order valence-corrected chi connectivity index (χ2v) is 8.23. The lowest BCUT2D eigenvalue weighted by Gasteiger charge is -2.08. The SMILES string of the molecule is CC(C)c1ccc(NC(=O)CCSc2nnc(-c3ccco3)c(-c3ccco3)n2)cc1. The highest BCUT2D eigenvalue weighted by Gasteiger charge is 2.18. The van der Waals surface area contributed by atoms with E-state index in [0.29, 0.717) is 46.2 Å². The third-order valence-electron chi connectivity index (χ3n) is 4.60. The molecule has 1 amide bonds. The Labute approximate surface area is 184 Å². The van der Waals surface area contributed by atoms with Gasteiger partial charge in [0.05, 0.1) is 12.5 Å². The van der Waals surface area contributed by atoms with Gasteiger partial charge in [0.15, 0.2) is 17.2 Å². The minimum Gasteiger partial charge on any atom is -0.463 e. The molecule has 0 aliphatic carbocycles. The summed E-state index contributed by atoms with van der Waals surface area (Å²) in [7, 11) is 0. The van der Waals surface area contributed by atoms with Gasteiger partial charge in [-0.1, -0.05) is 37.7 Å². The van der Waals surface area contributed by atoms with Gasteiger partial charge >= 0.3 is 0 Å². The molecule has 4 rings (SSSR count). The molecule has 0 radical (unpaired) electrons. The van der Waals surface area contributed by atoms with Gasteiger partial charge in [-0.25, -0.2) is 4.98 Å². The number of thioether (sulfide) groups is 1. The molecule has 0 bridgehead atoms. The lowest BCUT2D eigenvalue weighted by atomic mass is 10.0. The number of carbonyl (C=O) groups excluding carboxylic acids is 1. The maximum Gasteiger partial charge on any atom is 0.225 e. The fourth-order valence-electron chi connectivity index (χ4n) is 2.95. The van der Waals surface area contributed by atoms with Crippen molar-refractivity contribution < 1.29 is 13.6 Å². The Morgan fingerprint density at radius 3 is 2.26 bits per heavy atom. The van der Waals surface area contributed by atoms with Crippen LogP contribution in [-0.4, -0.2) is 26.8 Å². The maximum atomic E-state index is 12.3. The number of nitrogens with one attached hydrogen (secondary N) is 1. The predicted molar refractivity (Wildman–Crippen MR) is 120 cm³/mol. The van der Waals surface area contributed by atoms with Crippen molar-refractivity contribution in [1.29, 1.82) is 0 Å². The number of anilines is 1. The van der Waals surface area contributed by atoms with Gasteiger partial charge < -0.3 is 14.2 Å². The van der Waals surface area contributed by atoms with Crippen molar-refractivity contribution >= 4 is 23.4 Å². The number of rotatable bonds is 8. The zero-order valence-corrected chi connectivity index (χ0v) is 18.1. The summed E-state index contributed by atoms with van der Waals surface area (Å²) in [5, 5.41) is 11.8. The first-order valence-corrected chi connectivity index (χ1v) is 10.9. The van der Waals surface area contributed by atoms with Crippen LogP contribution in [0.2, 0.25) is 0 Å². The Kier molecular flexibility index (Phi) is 6.47. The van der Waals surface area contributed by atoms with Gasteiger partial charge in [0, 0.05) is 17.9 Å². The summed E-state index contributed by atoms with van der Waals surface area (Å²) in [6.45, 7) is 4.28. The number of aromatic nitrogens is 3. The fourth-order valence-corrected chi connectivity index (χ4v) is 3.67. The molecule has 0 aliphatic heterocycles. The van der Waals surface area contributed by atoms with Gasteiger partial charge in [0.2, 0.25) is 11.1 Å². The van der Waals surface area contributed by atoms with Crippen LogP contribution in [0.3, 0.4) is 0 Å². The van der Waals surface area contributed by atoms with E-state index >= 15 is 0 Å². The van der Waals surface area contributed by atoms with Gasteiger partial charge in [-0.05, 0) is 47.9 Å². The number of hydrogen-bond donors (Lipinski definition) is 1. The number of hydrogen-bond acceptors (Lipinski definition) is 7. The summed E-state index contributed by atoms with van der Waals surface area (Å²) in [5.74, 6) is 2.06. The summed E-state index contributed by atoms with van der Waals surface area (Å²) < 4.78 is 10.9. The minimum absolute atomic E-state index is 0.0591. The Morgan fingerprint density at radius 2 is 1.65 bits per heavy atom. The third kappa shape index (κ3) is 5.21. The molecule has 31 heavy (non-hydrogen) atoms. The highest BCUT2D eigenvalue weighted by molar-refractivity contribution is 7.99. The Bertz CT molecular complexity index is 1120. The van der Waals surface area contributed by atoms with Crippen LogP contribution < -0.4 is 5.32 Å². The number of benzene rings is 1. The fraction of sp³-hybridized carbons (Fsp3) is 0.217. The second kappa shape index (κ2) is 9.61. The van der Waals surface area contributed by atoms with Crippen molar-refractivity contribution in [3.05, 3.63) is 66.6 Å². The first-order chi connectivity index (χ1) is 15.1. The van der Waals surface area contributed by atoms with E-state index in [2.05, 4.69) is 34.3 Å². The Hall–Kier alpha value is -3.39. The molecule has 158 valence electrons. The zero-order valence-electron chi connectivity index (χ0n) is 17.2. The van der Waals surface area contributed by atoms with Crippen LogP contribution >= 0.6 is 11.8 Å². The van der Waals surface area contributed by atoms with Gasteiger partial charge in [-0.15, -0.1) is 10.2 Å². The van der Waals surface area contributed by atoms with E-state index < -0.39 is 0 Å². The van der Waals surface area contributed by atoms with Crippen LogP contribution in [0.25, 0.3) is 22.9 Å². The van der Waals surface area contributed by atoms with E-state index in [1.807, 2.05) is 30.3 Å². The molecule has 1 N–H and O–H groups in total. The average molecular weight is 435 g/mol. The molecule has 3 aromatic heterocycles. The molecule has 8 heteroatoms. The quantitative estimate of drug-likeness (QED) is 0.359. The van der Waals surface area contributed by atoms with E-state index in [0.717, 1.165) is 5.69 Å². The maximum absolute atomic E-state index is 12.3. The van der Waals surface area contributed by atoms with Crippen LogP contribution in [0.5, 0.6) is 0 Å². The molecule has 0 aliphatic rings. The highest BCUT2D eigenvalue weighted by atomic mass is 32.2. The molecule has 4 aromatic rings. The van der Waals surface area contributed by atoms with Gasteiger partial charge in [0.25, 0.3) is 0 Å². The van der Waals surface area contributed by atoms with Gasteiger partial charge in [-0.3, -0.25) is 4.79 Å². The molecular weight excluding hydrogens is 412 g/mol. The van der Waals surface area contributed by atoms with E-state index in [9.17, 15) is 4.79 Å². The van der Waals surface area contributed by atoms with E-state index in [4.69, 9.17) is 8.83 Å². The summed E-state index contributed by atoms with van der Waals surface area (Å²) in [5.41, 5.74) is 3.09. The van der Waals surface area contributed by atoms with Crippen molar-refractivity contribution in [2.75, 3.05) is 11.1 Å². The first kappa shape index (κ1) is 20.9. The van der Waals surface area contributed by atoms with Gasteiger partial charge in [-0.2, -0.15) is 0 Å². The minimum atomic E-state index is -0.0591. The summed E-state index contributed by atoms with van der Waals surface area (Å²) >= 11 is 1.37. The van der Waals surface area contributed by atoms with Gasteiger partial charge in [0.1, 0.15) is 5.69 Å². The van der Waals surface area contributed by atoms with E-state index in [-0.39, 0.29) is 5.91 Å². The summed E-state index contributed by atoms with van der Waals surface area (Å²) in [6, 6.07) is 15.1. The number of furan rings is 2. The van der Waals surface area contributed by atoms with Crippen LogP contribution in [0.15, 0.2) is 75.0 Å². The molecule has 0 saturated heterocycles. The van der Waals surface area contributed by atoms with Crippen molar-refractivity contribution in [2.24, 2.45) is 0 Å². The molecule has 0 spiro atoms. The molecule has 3 heterocycles. The van der Waals surface area contributed by atoms with Crippen molar-refractivity contribution in [2.45, 2.75) is 31.3 Å². The lowest BCUT2D eigenvalue weighted by Crippen LogP contribution is -2.12. The topological polar surface area (TPSA) is 94.1 Å². The molecule has 0 fully saturated rings. The normalized spacial score (nSPS) is 11.1. The summed E-state index contributed by atoms with van der Waals surface area (Å²) in [6.07, 6.45) is 3.48. The molecule has 0 unspecified atom stereocenters. The monoisotopic (exact) mass is 434 g/mol. The van der Waals surface area contributed by atoms with Crippen LogP contribution in [-0.2, 0) is 4.79 Å². The van der Waals surface area contributed by atoms with Crippen molar-refractivity contribution in [1.82, 2.24) is 15.2 Å². The summed E-state index contributed by atoms with van der Waals surface area (Å²) in [4.78, 5) is 16.9. The highest BCUT2D eigenvalue weighted by Crippen LogP contribution is 2.30. The predicted octanol–water partition coefficient (Wildman–Crippen LogP) is 5.64. The third-order valence-corrected chi connectivity index (χ3v) is 5.44. The van der Waals surface area contributed by atoms with Crippen molar-refractivity contribution in [3.63, 3.8) is 0 Å². The smallest absolute Gasteiger partial charge is 0.225 e. The first-order valence-electron chi connectivity index (χ1n) is 9.95. The molecule has 7 nitrogen and oxygen atoms in total.